The molecule has 1 amide bonds. The molecule has 0 bridgehead atoms. The summed E-state index contributed by atoms with van der Waals surface area (Å²) in [4.78, 5) is 12.0. The summed E-state index contributed by atoms with van der Waals surface area (Å²) in [5.41, 5.74) is 4.65. The van der Waals surface area contributed by atoms with Gasteiger partial charge in [0.1, 0.15) is 5.41 Å². The third kappa shape index (κ3) is 2.46. The number of nitrogens with zero attached hydrogens (tertiary/aromatic N) is 1. The highest BCUT2D eigenvalue weighted by Crippen LogP contribution is 2.26. The number of amides is 1. The summed E-state index contributed by atoms with van der Waals surface area (Å²) < 4.78 is 0. The highest BCUT2D eigenvalue weighted by molar-refractivity contribution is 6.06. The second-order valence-corrected chi connectivity index (χ2v) is 4.68. The minimum atomic E-state index is -0.904. The molecule has 92 valence electrons. The van der Waals surface area contributed by atoms with Gasteiger partial charge in [-0.1, -0.05) is 18.5 Å². The lowest BCUT2D eigenvalue weighted by Crippen LogP contribution is -2.49. The first-order valence-corrected chi connectivity index (χ1v) is 5.81. The van der Waals surface area contributed by atoms with Crippen molar-refractivity contribution in [2.24, 2.45) is 22.2 Å². The maximum absolute atomic E-state index is 12.0. The van der Waals surface area contributed by atoms with Crippen molar-refractivity contribution in [3.05, 3.63) is 0 Å². The van der Waals surface area contributed by atoms with Gasteiger partial charge in [0, 0.05) is 6.54 Å². The van der Waals surface area contributed by atoms with Gasteiger partial charge in [0.25, 0.3) is 0 Å². The van der Waals surface area contributed by atoms with Crippen LogP contribution in [0.3, 0.4) is 0 Å². The van der Waals surface area contributed by atoms with Crippen molar-refractivity contribution in [1.29, 1.82) is 0 Å². The van der Waals surface area contributed by atoms with Gasteiger partial charge in [0.15, 0.2) is 5.84 Å². The number of carbonyl (C=O) groups excluding carboxylic acids is 1. The molecular weight excluding hydrogens is 206 g/mol. The minimum Gasteiger partial charge on any atom is -0.409 e. The molecule has 1 atom stereocenters. The van der Waals surface area contributed by atoms with E-state index in [4.69, 9.17) is 10.9 Å². The lowest BCUT2D eigenvalue weighted by Gasteiger charge is -2.29. The Morgan fingerprint density at radius 3 is 2.62 bits per heavy atom. The molecule has 5 heteroatoms. The minimum absolute atomic E-state index is 0.0268. The molecule has 0 spiro atoms. The number of hydrogen-bond donors (Lipinski definition) is 3. The first-order valence-electron chi connectivity index (χ1n) is 5.81. The number of nitrogens with one attached hydrogen (secondary N) is 1. The second-order valence-electron chi connectivity index (χ2n) is 4.68. The van der Waals surface area contributed by atoms with Gasteiger partial charge in [-0.3, -0.25) is 4.79 Å². The van der Waals surface area contributed by atoms with Crippen molar-refractivity contribution in [1.82, 2.24) is 5.32 Å². The number of rotatable bonds is 5. The zero-order valence-corrected chi connectivity index (χ0v) is 9.99. The van der Waals surface area contributed by atoms with Crippen molar-refractivity contribution in [3.63, 3.8) is 0 Å². The summed E-state index contributed by atoms with van der Waals surface area (Å²) >= 11 is 0. The molecule has 1 aliphatic rings. The molecule has 0 aromatic heterocycles. The van der Waals surface area contributed by atoms with Gasteiger partial charge in [-0.15, -0.1) is 0 Å². The maximum atomic E-state index is 12.0. The van der Waals surface area contributed by atoms with Gasteiger partial charge in [-0.05, 0) is 32.1 Å². The molecule has 4 N–H and O–H groups in total. The Labute approximate surface area is 96.1 Å². The molecule has 0 aliphatic heterocycles. The lowest BCUT2D eigenvalue weighted by atomic mass is 9.83. The highest BCUT2D eigenvalue weighted by Gasteiger charge is 2.36. The molecule has 0 aromatic carbocycles. The zero-order valence-electron chi connectivity index (χ0n) is 9.99. The predicted octanol–water partition coefficient (Wildman–Crippen LogP) is 1.07. The number of oxime groups is 1. The van der Waals surface area contributed by atoms with Gasteiger partial charge in [0.05, 0.1) is 0 Å². The van der Waals surface area contributed by atoms with E-state index in [2.05, 4.69) is 10.5 Å². The van der Waals surface area contributed by atoms with Crippen molar-refractivity contribution >= 4 is 11.7 Å². The number of amidine groups is 1. The van der Waals surface area contributed by atoms with Gasteiger partial charge in [0.2, 0.25) is 5.91 Å². The van der Waals surface area contributed by atoms with Gasteiger partial charge < -0.3 is 16.3 Å². The molecule has 1 rings (SSSR count). The van der Waals surface area contributed by atoms with E-state index >= 15 is 0 Å². The van der Waals surface area contributed by atoms with Crippen LogP contribution in [0.2, 0.25) is 0 Å². The molecule has 16 heavy (non-hydrogen) atoms. The molecule has 0 radical (unpaired) electrons. The van der Waals surface area contributed by atoms with Crippen molar-refractivity contribution < 1.29 is 10.0 Å². The predicted molar refractivity (Wildman–Crippen MR) is 62.2 cm³/mol. The van der Waals surface area contributed by atoms with E-state index in [0.29, 0.717) is 18.9 Å². The largest absolute Gasteiger partial charge is 0.409 e. The molecule has 1 saturated carbocycles. The highest BCUT2D eigenvalue weighted by atomic mass is 16.4. The summed E-state index contributed by atoms with van der Waals surface area (Å²) in [6.45, 7) is 4.24. The molecule has 1 fully saturated rings. The van der Waals surface area contributed by atoms with Crippen LogP contribution in [-0.4, -0.2) is 23.5 Å². The molecule has 1 unspecified atom stereocenters. The first kappa shape index (κ1) is 12.8. The molecular formula is C11H21N3O2. The SMILES string of the molecule is CCC(C)(C(=O)NCC1CCC1)C(N)=NO. The average molecular weight is 227 g/mol. The Morgan fingerprint density at radius 2 is 2.25 bits per heavy atom. The number of nitrogens with two attached hydrogens (primary N) is 1. The number of hydrogen-bond acceptors (Lipinski definition) is 3. The van der Waals surface area contributed by atoms with Crippen LogP contribution in [0.1, 0.15) is 39.5 Å². The normalized spacial score (nSPS) is 21.0. The lowest BCUT2D eigenvalue weighted by molar-refractivity contribution is -0.127. The Morgan fingerprint density at radius 1 is 1.62 bits per heavy atom. The number of carbonyl (C=O) groups is 1. The molecule has 0 saturated heterocycles. The van der Waals surface area contributed by atoms with E-state index in [1.54, 1.807) is 6.92 Å². The third-order valence-corrected chi connectivity index (χ3v) is 3.66. The zero-order chi connectivity index (χ0) is 12.2. The van der Waals surface area contributed by atoms with Gasteiger partial charge >= 0.3 is 0 Å². The van der Waals surface area contributed by atoms with Crippen LogP contribution in [0.25, 0.3) is 0 Å². The summed E-state index contributed by atoms with van der Waals surface area (Å²) in [7, 11) is 0. The Bertz CT molecular complexity index is 287. The third-order valence-electron chi connectivity index (χ3n) is 3.66. The molecule has 5 nitrogen and oxygen atoms in total. The smallest absolute Gasteiger partial charge is 0.233 e. The quantitative estimate of drug-likeness (QED) is 0.284. The van der Waals surface area contributed by atoms with Gasteiger partial charge in [-0.25, -0.2) is 0 Å². The van der Waals surface area contributed by atoms with E-state index in [1.807, 2.05) is 6.92 Å². The van der Waals surface area contributed by atoms with Crippen LogP contribution in [0.4, 0.5) is 0 Å². The van der Waals surface area contributed by atoms with Crippen LogP contribution in [0.15, 0.2) is 5.16 Å². The second kappa shape index (κ2) is 5.18. The van der Waals surface area contributed by atoms with E-state index in [1.165, 1.54) is 19.3 Å². The molecule has 1 aliphatic carbocycles. The fourth-order valence-corrected chi connectivity index (χ4v) is 1.70. The Hall–Kier alpha value is -1.26. The van der Waals surface area contributed by atoms with E-state index in [-0.39, 0.29) is 11.7 Å². The molecule has 0 aromatic rings. The maximum Gasteiger partial charge on any atom is 0.233 e. The Kier molecular flexibility index (Phi) is 4.15. The summed E-state index contributed by atoms with van der Waals surface area (Å²) in [5, 5.41) is 14.5. The molecule has 0 heterocycles. The Balaban J connectivity index is 2.54. The van der Waals surface area contributed by atoms with Crippen LogP contribution >= 0.6 is 0 Å². The van der Waals surface area contributed by atoms with Crippen LogP contribution in [0.5, 0.6) is 0 Å². The summed E-state index contributed by atoms with van der Waals surface area (Å²) in [6, 6.07) is 0. The van der Waals surface area contributed by atoms with E-state index in [0.717, 1.165) is 0 Å². The fourth-order valence-electron chi connectivity index (χ4n) is 1.70. The standard InChI is InChI=1S/C11H21N3O2/c1-3-11(2,9(12)14-16)10(15)13-7-8-5-4-6-8/h8,16H,3-7H2,1-2H3,(H2,12,14)(H,13,15). The summed E-state index contributed by atoms with van der Waals surface area (Å²) in [5.74, 6) is 0.427. The van der Waals surface area contributed by atoms with Crippen molar-refractivity contribution in [3.8, 4) is 0 Å². The first-order chi connectivity index (χ1) is 7.54. The van der Waals surface area contributed by atoms with E-state index in [9.17, 15) is 4.79 Å². The monoisotopic (exact) mass is 227 g/mol. The fraction of sp³-hybridized carbons (Fsp3) is 0.818. The average Bonchev–Trinajstić information content (AvgIpc) is 2.24. The van der Waals surface area contributed by atoms with Crippen molar-refractivity contribution in [2.45, 2.75) is 39.5 Å². The van der Waals surface area contributed by atoms with Crippen molar-refractivity contribution in [2.75, 3.05) is 6.54 Å². The van der Waals surface area contributed by atoms with Gasteiger partial charge in [-0.2, -0.15) is 0 Å². The van der Waals surface area contributed by atoms with Crippen LogP contribution in [0, 0.1) is 11.3 Å². The summed E-state index contributed by atoms with van der Waals surface area (Å²) in [6.07, 6.45) is 4.14. The van der Waals surface area contributed by atoms with E-state index < -0.39 is 5.41 Å². The van der Waals surface area contributed by atoms with Crippen LogP contribution in [-0.2, 0) is 4.79 Å². The topological polar surface area (TPSA) is 87.7 Å². The van der Waals surface area contributed by atoms with Crippen LogP contribution < -0.4 is 11.1 Å².